The standard InChI is InChI=1S/C18H26N4O3.HI/c1-13(23)22-8-6-14(7-9-22)20-18(19-2)21-15-4-5-16-17(12-15)25-11-3-10-24-16;/h4-5,12,14H,3,6-11H2,1-2H3,(H2,19,20,21);1H. The van der Waals surface area contributed by atoms with Gasteiger partial charge in [-0.1, -0.05) is 0 Å². The van der Waals surface area contributed by atoms with E-state index in [4.69, 9.17) is 9.47 Å². The van der Waals surface area contributed by atoms with Crippen molar-refractivity contribution in [3.05, 3.63) is 18.2 Å². The van der Waals surface area contributed by atoms with E-state index in [0.29, 0.717) is 19.3 Å². The molecule has 2 N–H and O–H groups in total. The number of benzene rings is 1. The molecular formula is C18H27IN4O3. The van der Waals surface area contributed by atoms with Crippen LogP contribution in [0.3, 0.4) is 0 Å². The molecule has 0 saturated carbocycles. The molecule has 8 heteroatoms. The van der Waals surface area contributed by atoms with Crippen LogP contribution >= 0.6 is 24.0 Å². The summed E-state index contributed by atoms with van der Waals surface area (Å²) in [4.78, 5) is 17.6. The van der Waals surface area contributed by atoms with Gasteiger partial charge >= 0.3 is 0 Å². The topological polar surface area (TPSA) is 75.2 Å². The van der Waals surface area contributed by atoms with E-state index < -0.39 is 0 Å². The highest BCUT2D eigenvalue weighted by Crippen LogP contribution is 2.32. The number of hydrogen-bond donors (Lipinski definition) is 2. The summed E-state index contributed by atoms with van der Waals surface area (Å²) in [5, 5.41) is 6.74. The minimum absolute atomic E-state index is 0. The highest BCUT2D eigenvalue weighted by atomic mass is 127. The molecule has 144 valence electrons. The van der Waals surface area contributed by atoms with Crippen LogP contribution in [0.2, 0.25) is 0 Å². The van der Waals surface area contributed by atoms with Gasteiger partial charge in [-0.05, 0) is 25.0 Å². The zero-order valence-corrected chi connectivity index (χ0v) is 17.6. The van der Waals surface area contributed by atoms with Gasteiger partial charge in [-0.3, -0.25) is 9.79 Å². The average Bonchev–Trinajstić information content (AvgIpc) is 2.86. The number of guanidine groups is 1. The first-order valence-corrected chi connectivity index (χ1v) is 8.81. The largest absolute Gasteiger partial charge is 0.490 e. The number of carbonyl (C=O) groups is 1. The minimum atomic E-state index is 0. The second kappa shape index (κ2) is 9.84. The zero-order valence-electron chi connectivity index (χ0n) is 15.3. The second-order valence-electron chi connectivity index (χ2n) is 6.33. The number of ether oxygens (including phenoxy) is 2. The normalized spacial score (nSPS) is 17.8. The number of carbonyl (C=O) groups excluding carboxylic acids is 1. The molecule has 2 heterocycles. The molecule has 0 unspecified atom stereocenters. The van der Waals surface area contributed by atoms with Crippen molar-refractivity contribution in [2.75, 3.05) is 38.7 Å². The Morgan fingerprint density at radius 1 is 1.19 bits per heavy atom. The number of aliphatic imine (C=N–C) groups is 1. The van der Waals surface area contributed by atoms with E-state index in [-0.39, 0.29) is 29.9 Å². The SMILES string of the molecule is CN=C(Nc1ccc2c(c1)OCCCO2)NC1CCN(C(C)=O)CC1.I. The Bertz CT molecular complexity index is 645. The number of amides is 1. The van der Waals surface area contributed by atoms with Crippen LogP contribution in [0.1, 0.15) is 26.2 Å². The van der Waals surface area contributed by atoms with Crippen LogP contribution < -0.4 is 20.1 Å². The number of piperidine rings is 1. The summed E-state index contributed by atoms with van der Waals surface area (Å²) in [6.45, 7) is 4.54. The molecule has 1 fully saturated rings. The maximum atomic E-state index is 11.4. The highest BCUT2D eigenvalue weighted by molar-refractivity contribution is 14.0. The average molecular weight is 474 g/mol. The van der Waals surface area contributed by atoms with Gasteiger partial charge in [0.15, 0.2) is 17.5 Å². The van der Waals surface area contributed by atoms with Crippen LogP contribution in [0, 0.1) is 0 Å². The van der Waals surface area contributed by atoms with Gasteiger partial charge in [0.05, 0.1) is 13.2 Å². The Morgan fingerprint density at radius 2 is 1.88 bits per heavy atom. The van der Waals surface area contributed by atoms with E-state index in [1.54, 1.807) is 14.0 Å². The molecule has 2 aliphatic rings. The third-order valence-corrected chi connectivity index (χ3v) is 4.51. The number of hydrogen-bond acceptors (Lipinski definition) is 4. The van der Waals surface area contributed by atoms with E-state index in [0.717, 1.165) is 55.5 Å². The van der Waals surface area contributed by atoms with Crippen molar-refractivity contribution in [3.8, 4) is 11.5 Å². The van der Waals surface area contributed by atoms with Gasteiger partial charge in [-0.2, -0.15) is 0 Å². The quantitative estimate of drug-likeness (QED) is 0.392. The fourth-order valence-corrected chi connectivity index (χ4v) is 3.07. The van der Waals surface area contributed by atoms with E-state index in [1.807, 2.05) is 23.1 Å². The van der Waals surface area contributed by atoms with Crippen molar-refractivity contribution < 1.29 is 14.3 Å². The lowest BCUT2D eigenvalue weighted by Crippen LogP contribution is -2.47. The van der Waals surface area contributed by atoms with Crippen LogP contribution in [0.15, 0.2) is 23.2 Å². The summed E-state index contributed by atoms with van der Waals surface area (Å²) >= 11 is 0. The molecule has 7 nitrogen and oxygen atoms in total. The van der Waals surface area contributed by atoms with Crippen molar-refractivity contribution in [2.24, 2.45) is 4.99 Å². The third kappa shape index (κ3) is 5.39. The number of nitrogens with zero attached hydrogens (tertiary/aromatic N) is 2. The van der Waals surface area contributed by atoms with Gasteiger partial charge in [0.25, 0.3) is 0 Å². The molecule has 2 aliphatic heterocycles. The molecule has 0 radical (unpaired) electrons. The Labute approximate surface area is 171 Å². The maximum absolute atomic E-state index is 11.4. The van der Waals surface area contributed by atoms with Gasteiger partial charge < -0.3 is 25.0 Å². The van der Waals surface area contributed by atoms with Crippen LogP contribution in [-0.2, 0) is 4.79 Å². The van der Waals surface area contributed by atoms with E-state index in [1.165, 1.54) is 0 Å². The van der Waals surface area contributed by atoms with Crippen molar-refractivity contribution in [2.45, 2.75) is 32.2 Å². The van der Waals surface area contributed by atoms with E-state index in [9.17, 15) is 4.79 Å². The van der Waals surface area contributed by atoms with Gasteiger partial charge in [-0.15, -0.1) is 24.0 Å². The number of rotatable bonds is 2. The summed E-state index contributed by atoms with van der Waals surface area (Å²) in [5.41, 5.74) is 0.901. The van der Waals surface area contributed by atoms with Crippen LogP contribution in [-0.4, -0.2) is 56.2 Å². The fraction of sp³-hybridized carbons (Fsp3) is 0.556. The molecular weight excluding hydrogens is 447 g/mol. The summed E-state index contributed by atoms with van der Waals surface area (Å²) in [5.74, 6) is 2.40. The molecule has 1 amide bonds. The first-order valence-electron chi connectivity index (χ1n) is 8.81. The van der Waals surface area contributed by atoms with Crippen LogP contribution in [0.4, 0.5) is 5.69 Å². The Hall–Kier alpha value is -1.71. The molecule has 0 atom stereocenters. The van der Waals surface area contributed by atoms with E-state index in [2.05, 4.69) is 15.6 Å². The summed E-state index contributed by atoms with van der Waals surface area (Å²) < 4.78 is 11.4. The molecule has 0 bridgehead atoms. The molecule has 0 aliphatic carbocycles. The van der Waals surface area contributed by atoms with Crippen molar-refractivity contribution >= 4 is 41.5 Å². The molecule has 3 rings (SSSR count). The lowest BCUT2D eigenvalue weighted by Gasteiger charge is -2.32. The Morgan fingerprint density at radius 3 is 2.54 bits per heavy atom. The Kier molecular flexibility index (Phi) is 7.80. The van der Waals surface area contributed by atoms with Gasteiger partial charge in [0.2, 0.25) is 5.91 Å². The Balaban J connectivity index is 0.00000243. The van der Waals surface area contributed by atoms with Crippen LogP contribution in [0.25, 0.3) is 0 Å². The fourth-order valence-electron chi connectivity index (χ4n) is 3.07. The lowest BCUT2D eigenvalue weighted by molar-refractivity contribution is -0.129. The molecule has 1 aromatic rings. The number of fused-ring (bicyclic) bond motifs is 1. The number of anilines is 1. The second-order valence-corrected chi connectivity index (χ2v) is 6.33. The number of nitrogens with one attached hydrogen (secondary N) is 2. The lowest BCUT2D eigenvalue weighted by atomic mass is 10.1. The smallest absolute Gasteiger partial charge is 0.219 e. The van der Waals surface area contributed by atoms with Crippen molar-refractivity contribution in [1.29, 1.82) is 0 Å². The molecule has 26 heavy (non-hydrogen) atoms. The monoisotopic (exact) mass is 474 g/mol. The molecule has 1 saturated heterocycles. The number of halogens is 1. The van der Waals surface area contributed by atoms with Gasteiger partial charge in [0.1, 0.15) is 0 Å². The highest BCUT2D eigenvalue weighted by Gasteiger charge is 2.21. The van der Waals surface area contributed by atoms with Gasteiger partial charge in [0, 0.05) is 51.3 Å². The first-order chi connectivity index (χ1) is 12.2. The van der Waals surface area contributed by atoms with Crippen molar-refractivity contribution in [3.63, 3.8) is 0 Å². The summed E-state index contributed by atoms with van der Waals surface area (Å²) in [6, 6.07) is 6.12. The van der Waals surface area contributed by atoms with E-state index >= 15 is 0 Å². The van der Waals surface area contributed by atoms with Gasteiger partial charge in [-0.25, -0.2) is 0 Å². The number of likely N-dealkylation sites (tertiary alicyclic amines) is 1. The van der Waals surface area contributed by atoms with Crippen LogP contribution in [0.5, 0.6) is 11.5 Å². The van der Waals surface area contributed by atoms with Crippen molar-refractivity contribution in [1.82, 2.24) is 10.2 Å². The minimum Gasteiger partial charge on any atom is -0.490 e. The molecule has 0 spiro atoms. The first kappa shape index (κ1) is 20.6. The third-order valence-electron chi connectivity index (χ3n) is 4.51. The summed E-state index contributed by atoms with van der Waals surface area (Å²) in [7, 11) is 1.75. The predicted molar refractivity (Wildman–Crippen MR) is 113 cm³/mol. The summed E-state index contributed by atoms with van der Waals surface area (Å²) in [6.07, 6.45) is 2.72. The molecule has 0 aromatic heterocycles. The zero-order chi connectivity index (χ0) is 17.6. The maximum Gasteiger partial charge on any atom is 0.219 e. The molecule has 1 aromatic carbocycles. The predicted octanol–water partition coefficient (Wildman–Crippen LogP) is 2.46.